The monoisotopic (exact) mass is 299 g/mol. The van der Waals surface area contributed by atoms with E-state index in [0.717, 1.165) is 5.56 Å². The summed E-state index contributed by atoms with van der Waals surface area (Å²) >= 11 is 0. The first-order valence-corrected chi connectivity index (χ1v) is 6.77. The van der Waals surface area contributed by atoms with Crippen LogP contribution in [0.4, 0.5) is 11.4 Å². The van der Waals surface area contributed by atoms with Crippen LogP contribution in [0.1, 0.15) is 15.9 Å². The second-order valence-corrected chi connectivity index (χ2v) is 5.02. The summed E-state index contributed by atoms with van der Waals surface area (Å²) < 4.78 is 0. The van der Waals surface area contributed by atoms with Crippen molar-refractivity contribution in [2.75, 3.05) is 19.0 Å². The molecule has 2 aromatic rings. The summed E-state index contributed by atoms with van der Waals surface area (Å²) in [7, 11) is 3.57. The molecule has 0 fully saturated rings. The molecule has 0 aromatic heterocycles. The van der Waals surface area contributed by atoms with Crippen LogP contribution in [-0.4, -0.2) is 24.9 Å². The van der Waals surface area contributed by atoms with Gasteiger partial charge in [0.05, 0.1) is 10.5 Å². The van der Waals surface area contributed by atoms with E-state index in [2.05, 4.69) is 5.32 Å². The number of carbonyl (C=O) groups is 1. The Bertz CT molecular complexity index is 684. The molecule has 0 aliphatic heterocycles. The van der Waals surface area contributed by atoms with Crippen LogP contribution < -0.4 is 10.2 Å². The van der Waals surface area contributed by atoms with Crippen molar-refractivity contribution in [3.05, 3.63) is 69.8 Å². The molecule has 0 heterocycles. The van der Waals surface area contributed by atoms with Gasteiger partial charge >= 0.3 is 0 Å². The standard InChI is InChI=1S/C16H17N3O3/c1-18(2)15-9-8-13(19(21)22)10-14(15)16(20)17-11-12-6-4-3-5-7-12/h3-10H,11H2,1-2H3,(H,17,20). The van der Waals surface area contributed by atoms with E-state index in [0.29, 0.717) is 12.2 Å². The summed E-state index contributed by atoms with van der Waals surface area (Å²) in [5.74, 6) is -0.337. The SMILES string of the molecule is CN(C)c1ccc([N+](=O)[O-])cc1C(=O)NCc1ccccc1. The third-order valence-corrected chi connectivity index (χ3v) is 3.21. The molecule has 6 heteroatoms. The Hall–Kier alpha value is -2.89. The van der Waals surface area contributed by atoms with Crippen LogP contribution in [-0.2, 0) is 6.54 Å². The van der Waals surface area contributed by atoms with E-state index in [1.54, 1.807) is 25.1 Å². The van der Waals surface area contributed by atoms with Gasteiger partial charge in [0.1, 0.15) is 0 Å². The van der Waals surface area contributed by atoms with E-state index in [4.69, 9.17) is 0 Å². The zero-order valence-corrected chi connectivity index (χ0v) is 12.4. The van der Waals surface area contributed by atoms with Crippen LogP contribution in [0, 0.1) is 10.1 Å². The number of anilines is 1. The van der Waals surface area contributed by atoms with Crippen molar-refractivity contribution in [2.24, 2.45) is 0 Å². The predicted octanol–water partition coefficient (Wildman–Crippen LogP) is 2.59. The zero-order chi connectivity index (χ0) is 16.1. The molecule has 0 unspecified atom stereocenters. The van der Waals surface area contributed by atoms with Crippen molar-refractivity contribution in [1.82, 2.24) is 5.32 Å². The van der Waals surface area contributed by atoms with Crippen LogP contribution in [0.2, 0.25) is 0 Å². The second kappa shape index (κ2) is 6.71. The maximum atomic E-state index is 12.4. The van der Waals surface area contributed by atoms with E-state index < -0.39 is 4.92 Å². The molecule has 1 amide bonds. The Morgan fingerprint density at radius 3 is 2.45 bits per heavy atom. The van der Waals surface area contributed by atoms with Crippen molar-refractivity contribution in [3.63, 3.8) is 0 Å². The van der Waals surface area contributed by atoms with Crippen LogP contribution >= 0.6 is 0 Å². The smallest absolute Gasteiger partial charge is 0.270 e. The van der Waals surface area contributed by atoms with E-state index in [1.165, 1.54) is 12.1 Å². The van der Waals surface area contributed by atoms with Gasteiger partial charge in [0.2, 0.25) is 0 Å². The van der Waals surface area contributed by atoms with Gasteiger partial charge in [-0.2, -0.15) is 0 Å². The fraction of sp³-hybridized carbons (Fsp3) is 0.188. The minimum absolute atomic E-state index is 0.101. The average molecular weight is 299 g/mol. The third-order valence-electron chi connectivity index (χ3n) is 3.21. The van der Waals surface area contributed by atoms with Crippen LogP contribution in [0.5, 0.6) is 0 Å². The number of hydrogen-bond donors (Lipinski definition) is 1. The molecule has 0 aliphatic carbocycles. The van der Waals surface area contributed by atoms with Gasteiger partial charge in [0.15, 0.2) is 0 Å². The second-order valence-electron chi connectivity index (χ2n) is 5.02. The number of benzene rings is 2. The number of rotatable bonds is 5. The molecule has 6 nitrogen and oxygen atoms in total. The first-order chi connectivity index (χ1) is 10.5. The van der Waals surface area contributed by atoms with Gasteiger partial charge in [-0.15, -0.1) is 0 Å². The number of amides is 1. The lowest BCUT2D eigenvalue weighted by Gasteiger charge is -2.17. The van der Waals surface area contributed by atoms with Crippen molar-refractivity contribution >= 4 is 17.3 Å². The molecule has 0 aliphatic rings. The van der Waals surface area contributed by atoms with Crippen molar-refractivity contribution in [3.8, 4) is 0 Å². The van der Waals surface area contributed by atoms with Crippen LogP contribution in [0.25, 0.3) is 0 Å². The number of nitrogens with one attached hydrogen (secondary N) is 1. The maximum absolute atomic E-state index is 12.4. The molecule has 0 atom stereocenters. The van der Waals surface area contributed by atoms with E-state index in [1.807, 2.05) is 30.3 Å². The molecule has 22 heavy (non-hydrogen) atoms. The zero-order valence-electron chi connectivity index (χ0n) is 12.4. The molecule has 0 spiro atoms. The van der Waals surface area contributed by atoms with Crippen molar-refractivity contribution in [1.29, 1.82) is 0 Å². The van der Waals surface area contributed by atoms with Crippen LogP contribution in [0.15, 0.2) is 48.5 Å². The summed E-state index contributed by atoms with van der Waals surface area (Å²) in [4.78, 5) is 24.5. The number of non-ortho nitro benzene ring substituents is 1. The molecule has 0 bridgehead atoms. The molecular formula is C16H17N3O3. The summed E-state index contributed by atoms with van der Waals surface area (Å²) in [5, 5.41) is 13.7. The molecule has 0 radical (unpaired) electrons. The molecule has 114 valence electrons. The summed E-state index contributed by atoms with van der Waals surface area (Å²) in [6.45, 7) is 0.370. The van der Waals surface area contributed by atoms with Gasteiger partial charge in [-0.25, -0.2) is 0 Å². The number of nitro groups is 1. The van der Waals surface area contributed by atoms with Crippen molar-refractivity contribution < 1.29 is 9.72 Å². The lowest BCUT2D eigenvalue weighted by atomic mass is 10.1. The number of carbonyl (C=O) groups excluding carboxylic acids is 1. The van der Waals surface area contributed by atoms with Gasteiger partial charge in [-0.3, -0.25) is 14.9 Å². The van der Waals surface area contributed by atoms with Gasteiger partial charge in [0.25, 0.3) is 11.6 Å². The minimum atomic E-state index is -0.507. The first kappa shape index (κ1) is 15.5. The van der Waals surface area contributed by atoms with Crippen molar-refractivity contribution in [2.45, 2.75) is 6.54 Å². The molecule has 0 saturated carbocycles. The Kier molecular flexibility index (Phi) is 4.73. The number of nitro benzene ring substituents is 1. The average Bonchev–Trinajstić information content (AvgIpc) is 2.52. The molecule has 0 saturated heterocycles. The Morgan fingerprint density at radius 2 is 1.86 bits per heavy atom. The van der Waals surface area contributed by atoms with Gasteiger partial charge in [-0.1, -0.05) is 30.3 Å². The quantitative estimate of drug-likeness (QED) is 0.680. The highest BCUT2D eigenvalue weighted by Gasteiger charge is 2.17. The van der Waals surface area contributed by atoms with E-state index in [-0.39, 0.29) is 17.2 Å². The highest BCUT2D eigenvalue weighted by molar-refractivity contribution is 6.00. The Labute approximate surface area is 128 Å². The molecule has 2 aromatic carbocycles. The van der Waals surface area contributed by atoms with E-state index in [9.17, 15) is 14.9 Å². The van der Waals surface area contributed by atoms with E-state index >= 15 is 0 Å². The van der Waals surface area contributed by atoms with Gasteiger partial charge < -0.3 is 10.2 Å². The summed E-state index contributed by atoms with van der Waals surface area (Å²) in [6.07, 6.45) is 0. The summed E-state index contributed by atoms with van der Waals surface area (Å²) in [6, 6.07) is 13.8. The fourth-order valence-corrected chi connectivity index (χ4v) is 2.08. The number of hydrogen-bond acceptors (Lipinski definition) is 4. The fourth-order valence-electron chi connectivity index (χ4n) is 2.08. The predicted molar refractivity (Wildman–Crippen MR) is 85.0 cm³/mol. The normalized spacial score (nSPS) is 10.1. The van der Waals surface area contributed by atoms with Crippen LogP contribution in [0.3, 0.4) is 0 Å². The number of nitrogens with zero attached hydrogens (tertiary/aromatic N) is 2. The third kappa shape index (κ3) is 3.60. The maximum Gasteiger partial charge on any atom is 0.270 e. The van der Waals surface area contributed by atoms with Gasteiger partial charge in [0, 0.05) is 38.5 Å². The lowest BCUT2D eigenvalue weighted by molar-refractivity contribution is -0.384. The van der Waals surface area contributed by atoms with Gasteiger partial charge in [-0.05, 0) is 11.6 Å². The largest absolute Gasteiger partial charge is 0.377 e. The Balaban J connectivity index is 2.23. The molecular weight excluding hydrogens is 282 g/mol. The first-order valence-electron chi connectivity index (χ1n) is 6.77. The Morgan fingerprint density at radius 1 is 1.18 bits per heavy atom. The topological polar surface area (TPSA) is 75.5 Å². The minimum Gasteiger partial charge on any atom is -0.377 e. The molecule has 1 N–H and O–H groups in total. The lowest BCUT2D eigenvalue weighted by Crippen LogP contribution is -2.25. The summed E-state index contributed by atoms with van der Waals surface area (Å²) in [5.41, 5.74) is 1.79. The molecule has 2 rings (SSSR count). The highest BCUT2D eigenvalue weighted by atomic mass is 16.6. The highest BCUT2D eigenvalue weighted by Crippen LogP contribution is 2.24.